The van der Waals surface area contributed by atoms with Crippen LogP contribution < -0.4 is 0 Å². The zero-order valence-electron chi connectivity index (χ0n) is 12.4. The van der Waals surface area contributed by atoms with E-state index in [0.717, 1.165) is 50.9 Å². The molecular formula is C15H23N3O2S. The fraction of sp³-hybridized carbons (Fsp3) is 0.867. The molecule has 5 nitrogen and oxygen atoms in total. The fourth-order valence-electron chi connectivity index (χ4n) is 3.56. The van der Waals surface area contributed by atoms with E-state index >= 15 is 0 Å². The molecule has 0 N–H and O–H groups in total. The number of likely N-dealkylation sites (tertiary alicyclic amines) is 1. The molecule has 1 aromatic heterocycles. The van der Waals surface area contributed by atoms with Gasteiger partial charge in [-0.2, -0.15) is 0 Å². The summed E-state index contributed by atoms with van der Waals surface area (Å²) in [6.07, 6.45) is 6.45. The molecule has 1 aliphatic carbocycles. The fourth-order valence-corrected chi connectivity index (χ4v) is 4.00. The van der Waals surface area contributed by atoms with Gasteiger partial charge < -0.3 is 9.47 Å². The Morgan fingerprint density at radius 1 is 1.48 bits per heavy atom. The van der Waals surface area contributed by atoms with E-state index in [4.69, 9.17) is 9.47 Å². The van der Waals surface area contributed by atoms with Crippen molar-refractivity contribution >= 4 is 11.5 Å². The molecule has 2 unspecified atom stereocenters. The van der Waals surface area contributed by atoms with Crippen LogP contribution in [0.5, 0.6) is 0 Å². The Balaban J connectivity index is 1.31. The summed E-state index contributed by atoms with van der Waals surface area (Å²) in [5.74, 6) is 0.835. The van der Waals surface area contributed by atoms with Crippen molar-refractivity contribution in [2.75, 3.05) is 26.3 Å². The maximum atomic E-state index is 6.20. The van der Waals surface area contributed by atoms with Gasteiger partial charge in [-0.25, -0.2) is 0 Å². The van der Waals surface area contributed by atoms with E-state index < -0.39 is 0 Å². The Kier molecular flexibility index (Phi) is 3.96. The van der Waals surface area contributed by atoms with Gasteiger partial charge >= 0.3 is 0 Å². The first-order valence-electron chi connectivity index (χ1n) is 8.05. The summed E-state index contributed by atoms with van der Waals surface area (Å²) in [6.45, 7) is 4.76. The Morgan fingerprint density at radius 3 is 3.24 bits per heavy atom. The summed E-state index contributed by atoms with van der Waals surface area (Å²) in [5, 5.41) is 6.20. The second-order valence-corrected chi connectivity index (χ2v) is 7.42. The Labute approximate surface area is 129 Å². The molecule has 6 heteroatoms. The highest BCUT2D eigenvalue weighted by atomic mass is 32.1. The van der Waals surface area contributed by atoms with Gasteiger partial charge in [0.05, 0.1) is 24.0 Å². The number of aromatic nitrogens is 2. The second-order valence-electron chi connectivity index (χ2n) is 6.81. The van der Waals surface area contributed by atoms with Crippen molar-refractivity contribution in [3.05, 3.63) is 11.1 Å². The molecule has 0 bridgehead atoms. The van der Waals surface area contributed by atoms with Crippen LogP contribution in [0.25, 0.3) is 0 Å². The van der Waals surface area contributed by atoms with Gasteiger partial charge in [0.25, 0.3) is 0 Å². The molecule has 116 valence electrons. The number of nitrogens with zero attached hydrogens (tertiary/aromatic N) is 3. The van der Waals surface area contributed by atoms with Gasteiger partial charge in [-0.1, -0.05) is 4.49 Å². The van der Waals surface area contributed by atoms with Gasteiger partial charge in [0.1, 0.15) is 0 Å². The molecular weight excluding hydrogens is 286 g/mol. The maximum Gasteiger partial charge on any atom is 0.0895 e. The number of piperidine rings is 1. The zero-order chi connectivity index (χ0) is 14.1. The Bertz CT molecular complexity index is 465. The van der Waals surface area contributed by atoms with E-state index in [1.54, 1.807) is 0 Å². The summed E-state index contributed by atoms with van der Waals surface area (Å²) >= 11 is 1.43. The van der Waals surface area contributed by atoms with Crippen LogP contribution in [-0.4, -0.2) is 52.5 Å². The lowest BCUT2D eigenvalue weighted by Gasteiger charge is -2.39. The number of rotatable bonds is 5. The SMILES string of the molecule is c1snnc1CN1CCCC2(CC(OCC3CC3)CO2)C1. The molecule has 3 heterocycles. The van der Waals surface area contributed by atoms with Crippen LogP contribution in [-0.2, 0) is 16.0 Å². The highest BCUT2D eigenvalue weighted by Crippen LogP contribution is 2.37. The predicted molar refractivity (Wildman–Crippen MR) is 80.2 cm³/mol. The molecule has 21 heavy (non-hydrogen) atoms. The van der Waals surface area contributed by atoms with Gasteiger partial charge in [-0.15, -0.1) is 5.10 Å². The molecule has 4 rings (SSSR count). The molecule has 2 saturated heterocycles. The second kappa shape index (κ2) is 5.91. The number of hydrogen-bond acceptors (Lipinski definition) is 6. The minimum absolute atomic E-state index is 0.0237. The van der Waals surface area contributed by atoms with Gasteiger partial charge in [0.2, 0.25) is 0 Å². The summed E-state index contributed by atoms with van der Waals surface area (Å²) < 4.78 is 16.2. The first kappa shape index (κ1) is 14.1. The molecule has 3 aliphatic rings. The van der Waals surface area contributed by atoms with E-state index in [1.807, 2.05) is 5.38 Å². The Hall–Kier alpha value is -0.560. The van der Waals surface area contributed by atoms with E-state index in [9.17, 15) is 0 Å². The average molecular weight is 309 g/mol. The predicted octanol–water partition coefficient (Wildman–Crippen LogP) is 2.09. The van der Waals surface area contributed by atoms with Gasteiger partial charge in [-0.3, -0.25) is 4.90 Å². The lowest BCUT2D eigenvalue weighted by Crippen LogP contribution is -2.47. The smallest absolute Gasteiger partial charge is 0.0895 e. The molecule has 2 aliphatic heterocycles. The van der Waals surface area contributed by atoms with Crippen molar-refractivity contribution in [1.29, 1.82) is 0 Å². The van der Waals surface area contributed by atoms with Crippen molar-refractivity contribution < 1.29 is 9.47 Å². The summed E-state index contributed by atoms with van der Waals surface area (Å²) in [5.41, 5.74) is 1.10. The standard InChI is InChI=1S/C15H23N3O2S/c1-4-15(6-14(9-20-15)19-8-12-2-3-12)11-18(5-1)7-13-10-21-17-16-13/h10,12,14H,1-9,11H2. The van der Waals surface area contributed by atoms with Crippen LogP contribution in [0.3, 0.4) is 0 Å². The van der Waals surface area contributed by atoms with Crippen LogP contribution in [0.4, 0.5) is 0 Å². The minimum Gasteiger partial charge on any atom is -0.375 e. The molecule has 0 radical (unpaired) electrons. The van der Waals surface area contributed by atoms with Crippen LogP contribution in [0.1, 0.15) is 37.8 Å². The van der Waals surface area contributed by atoms with Crippen molar-refractivity contribution in [3.63, 3.8) is 0 Å². The quantitative estimate of drug-likeness (QED) is 0.833. The van der Waals surface area contributed by atoms with E-state index in [1.165, 1.54) is 37.2 Å². The summed E-state index contributed by atoms with van der Waals surface area (Å²) in [7, 11) is 0. The summed E-state index contributed by atoms with van der Waals surface area (Å²) in [6, 6.07) is 0. The van der Waals surface area contributed by atoms with E-state index in [-0.39, 0.29) is 5.60 Å². The summed E-state index contributed by atoms with van der Waals surface area (Å²) in [4.78, 5) is 2.46. The molecule has 0 aromatic carbocycles. The first-order chi connectivity index (χ1) is 10.3. The molecule has 1 aromatic rings. The highest BCUT2D eigenvalue weighted by Gasteiger charge is 2.44. The third kappa shape index (κ3) is 3.44. The van der Waals surface area contributed by atoms with E-state index in [0.29, 0.717) is 6.10 Å². The van der Waals surface area contributed by atoms with Crippen LogP contribution in [0.15, 0.2) is 5.38 Å². The van der Waals surface area contributed by atoms with Gasteiger partial charge in [0.15, 0.2) is 0 Å². The average Bonchev–Trinajstić information content (AvgIpc) is 3.04. The van der Waals surface area contributed by atoms with Crippen molar-refractivity contribution in [2.24, 2.45) is 5.92 Å². The van der Waals surface area contributed by atoms with Crippen LogP contribution in [0.2, 0.25) is 0 Å². The van der Waals surface area contributed by atoms with Crippen molar-refractivity contribution in [1.82, 2.24) is 14.5 Å². The zero-order valence-corrected chi connectivity index (χ0v) is 13.2. The van der Waals surface area contributed by atoms with Crippen LogP contribution in [0, 0.1) is 5.92 Å². The third-order valence-corrected chi connectivity index (χ3v) is 5.40. The normalized spacial score (nSPS) is 33.8. The van der Waals surface area contributed by atoms with E-state index in [2.05, 4.69) is 14.5 Å². The van der Waals surface area contributed by atoms with Crippen LogP contribution >= 0.6 is 11.5 Å². The van der Waals surface area contributed by atoms with Crippen molar-refractivity contribution in [3.8, 4) is 0 Å². The number of hydrogen-bond donors (Lipinski definition) is 0. The molecule has 1 spiro atoms. The van der Waals surface area contributed by atoms with Gasteiger partial charge in [0, 0.05) is 31.5 Å². The maximum absolute atomic E-state index is 6.20. The molecule has 2 atom stereocenters. The van der Waals surface area contributed by atoms with Gasteiger partial charge in [-0.05, 0) is 49.7 Å². The molecule has 1 saturated carbocycles. The third-order valence-electron chi connectivity index (χ3n) is 4.85. The topological polar surface area (TPSA) is 47.5 Å². The largest absolute Gasteiger partial charge is 0.375 e. The highest BCUT2D eigenvalue weighted by molar-refractivity contribution is 7.03. The lowest BCUT2D eigenvalue weighted by molar-refractivity contribution is -0.0549. The van der Waals surface area contributed by atoms with Crippen molar-refractivity contribution in [2.45, 2.75) is 50.4 Å². The monoisotopic (exact) mass is 309 g/mol. The molecule has 0 amide bonds. The first-order valence-corrected chi connectivity index (χ1v) is 8.89. The Morgan fingerprint density at radius 2 is 2.43 bits per heavy atom. The minimum atomic E-state index is 0.0237. The molecule has 3 fully saturated rings. The lowest BCUT2D eigenvalue weighted by atomic mass is 9.89. The number of ether oxygens (including phenoxy) is 2.